The maximum Gasteiger partial charge on any atom is 0.248 e. The SMILES string of the molecule is CCOCC(=O)N1CCC(C(=O)N2CC[C@H](c3ccc(F)cc3)C2)CC1. The van der Waals surface area contributed by atoms with E-state index in [1.807, 2.05) is 24.0 Å². The van der Waals surface area contributed by atoms with Gasteiger partial charge in [0.25, 0.3) is 0 Å². The van der Waals surface area contributed by atoms with Gasteiger partial charge in [0.2, 0.25) is 11.8 Å². The first-order chi connectivity index (χ1) is 12.6. The van der Waals surface area contributed by atoms with Gasteiger partial charge in [0.05, 0.1) is 0 Å². The smallest absolute Gasteiger partial charge is 0.248 e. The average Bonchev–Trinajstić information content (AvgIpc) is 3.16. The summed E-state index contributed by atoms with van der Waals surface area (Å²) in [5, 5.41) is 0. The van der Waals surface area contributed by atoms with E-state index in [0.717, 1.165) is 18.5 Å². The van der Waals surface area contributed by atoms with E-state index in [1.54, 1.807) is 4.90 Å². The molecular formula is C20H27FN2O3. The number of amides is 2. The molecule has 0 unspecified atom stereocenters. The molecule has 0 bridgehead atoms. The summed E-state index contributed by atoms with van der Waals surface area (Å²) in [5.74, 6) is 0.262. The molecule has 0 saturated carbocycles. The summed E-state index contributed by atoms with van der Waals surface area (Å²) in [6, 6.07) is 6.59. The van der Waals surface area contributed by atoms with Crippen LogP contribution in [0.1, 0.15) is 37.7 Å². The standard InChI is InChI=1S/C20H27FN2O3/c1-2-26-14-19(24)22-10-7-16(8-11-22)20(25)23-12-9-17(13-23)15-3-5-18(21)6-4-15/h3-6,16-17H,2,7-14H2,1H3/t17-/m0/s1. The van der Waals surface area contributed by atoms with Crippen molar-refractivity contribution < 1.29 is 18.7 Å². The summed E-state index contributed by atoms with van der Waals surface area (Å²) < 4.78 is 18.3. The van der Waals surface area contributed by atoms with Crippen molar-refractivity contribution in [2.75, 3.05) is 39.4 Å². The Labute approximate surface area is 154 Å². The fraction of sp³-hybridized carbons (Fsp3) is 0.600. The van der Waals surface area contributed by atoms with Gasteiger partial charge in [0, 0.05) is 44.6 Å². The molecule has 1 aromatic carbocycles. The van der Waals surface area contributed by atoms with Crippen LogP contribution in [0.2, 0.25) is 0 Å². The van der Waals surface area contributed by atoms with Gasteiger partial charge in [-0.05, 0) is 43.9 Å². The Balaban J connectivity index is 1.48. The van der Waals surface area contributed by atoms with Crippen molar-refractivity contribution in [3.8, 4) is 0 Å². The van der Waals surface area contributed by atoms with Crippen LogP contribution in [-0.2, 0) is 14.3 Å². The van der Waals surface area contributed by atoms with Gasteiger partial charge >= 0.3 is 0 Å². The lowest BCUT2D eigenvalue weighted by Gasteiger charge is -2.33. The van der Waals surface area contributed by atoms with Crippen molar-refractivity contribution in [2.24, 2.45) is 5.92 Å². The molecule has 2 saturated heterocycles. The first-order valence-electron chi connectivity index (χ1n) is 9.48. The van der Waals surface area contributed by atoms with Gasteiger partial charge in [0.1, 0.15) is 12.4 Å². The minimum atomic E-state index is -0.231. The topological polar surface area (TPSA) is 49.9 Å². The van der Waals surface area contributed by atoms with Crippen LogP contribution in [0.4, 0.5) is 4.39 Å². The van der Waals surface area contributed by atoms with Crippen molar-refractivity contribution in [1.82, 2.24) is 9.80 Å². The number of carbonyl (C=O) groups excluding carboxylic acids is 2. The third-order valence-electron chi connectivity index (χ3n) is 5.47. The summed E-state index contributed by atoms with van der Waals surface area (Å²) in [7, 11) is 0. The van der Waals surface area contributed by atoms with Crippen LogP contribution in [0.5, 0.6) is 0 Å². The molecule has 6 heteroatoms. The number of likely N-dealkylation sites (tertiary alicyclic amines) is 2. The summed E-state index contributed by atoms with van der Waals surface area (Å²) >= 11 is 0. The van der Waals surface area contributed by atoms with E-state index in [2.05, 4.69) is 0 Å². The van der Waals surface area contributed by atoms with E-state index in [9.17, 15) is 14.0 Å². The molecule has 2 aliphatic rings. The van der Waals surface area contributed by atoms with E-state index in [-0.39, 0.29) is 36.1 Å². The van der Waals surface area contributed by atoms with Crippen molar-refractivity contribution >= 4 is 11.8 Å². The number of nitrogens with zero attached hydrogens (tertiary/aromatic N) is 2. The maximum atomic E-state index is 13.1. The van der Waals surface area contributed by atoms with E-state index in [1.165, 1.54) is 12.1 Å². The Morgan fingerprint density at radius 2 is 1.73 bits per heavy atom. The molecule has 0 N–H and O–H groups in total. The van der Waals surface area contributed by atoms with Crippen LogP contribution in [0.25, 0.3) is 0 Å². The van der Waals surface area contributed by atoms with Crippen LogP contribution in [-0.4, -0.2) is 61.0 Å². The quantitative estimate of drug-likeness (QED) is 0.808. The van der Waals surface area contributed by atoms with Crippen LogP contribution in [0, 0.1) is 11.7 Å². The minimum Gasteiger partial charge on any atom is -0.372 e. The molecule has 3 rings (SSSR count). The molecule has 5 nitrogen and oxygen atoms in total. The largest absolute Gasteiger partial charge is 0.372 e. The van der Waals surface area contributed by atoms with E-state index in [4.69, 9.17) is 4.74 Å². The fourth-order valence-electron chi connectivity index (χ4n) is 3.88. The molecule has 0 spiro atoms. The fourth-order valence-corrected chi connectivity index (χ4v) is 3.88. The molecule has 0 aliphatic carbocycles. The number of ether oxygens (including phenoxy) is 1. The highest BCUT2D eigenvalue weighted by Crippen LogP contribution is 2.30. The van der Waals surface area contributed by atoms with E-state index >= 15 is 0 Å². The minimum absolute atomic E-state index is 0.00175. The van der Waals surface area contributed by atoms with Crippen LogP contribution < -0.4 is 0 Å². The van der Waals surface area contributed by atoms with Gasteiger partial charge in [-0.1, -0.05) is 12.1 Å². The number of rotatable bonds is 5. The molecule has 26 heavy (non-hydrogen) atoms. The second kappa shape index (κ2) is 8.62. The van der Waals surface area contributed by atoms with Crippen LogP contribution >= 0.6 is 0 Å². The van der Waals surface area contributed by atoms with Gasteiger partial charge in [-0.3, -0.25) is 9.59 Å². The lowest BCUT2D eigenvalue weighted by Crippen LogP contribution is -2.44. The second-order valence-electron chi connectivity index (χ2n) is 7.11. The molecule has 2 fully saturated rings. The second-order valence-corrected chi connectivity index (χ2v) is 7.11. The Morgan fingerprint density at radius 1 is 1.08 bits per heavy atom. The van der Waals surface area contributed by atoms with Gasteiger partial charge < -0.3 is 14.5 Å². The zero-order valence-electron chi connectivity index (χ0n) is 15.3. The summed E-state index contributed by atoms with van der Waals surface area (Å²) in [6.07, 6.45) is 2.35. The summed E-state index contributed by atoms with van der Waals surface area (Å²) in [6.45, 7) is 5.23. The third kappa shape index (κ3) is 4.41. The van der Waals surface area contributed by atoms with Crippen LogP contribution in [0.15, 0.2) is 24.3 Å². The number of halogens is 1. The zero-order valence-corrected chi connectivity index (χ0v) is 15.3. The highest BCUT2D eigenvalue weighted by Gasteiger charge is 2.34. The van der Waals surface area contributed by atoms with Crippen LogP contribution in [0.3, 0.4) is 0 Å². The number of piperidine rings is 1. The van der Waals surface area contributed by atoms with Crippen molar-refractivity contribution in [2.45, 2.75) is 32.1 Å². The molecular weight excluding hydrogens is 335 g/mol. The van der Waals surface area contributed by atoms with E-state index in [0.29, 0.717) is 39.1 Å². The number of hydrogen-bond acceptors (Lipinski definition) is 3. The molecule has 1 aromatic rings. The summed E-state index contributed by atoms with van der Waals surface area (Å²) in [5.41, 5.74) is 1.10. The lowest BCUT2D eigenvalue weighted by molar-refractivity contribution is -0.142. The predicted octanol–water partition coefficient (Wildman–Crippen LogP) is 2.42. The highest BCUT2D eigenvalue weighted by molar-refractivity contribution is 5.81. The molecule has 1 atom stereocenters. The molecule has 0 radical (unpaired) electrons. The third-order valence-corrected chi connectivity index (χ3v) is 5.47. The number of hydrogen-bond donors (Lipinski definition) is 0. The van der Waals surface area contributed by atoms with Crippen molar-refractivity contribution in [3.05, 3.63) is 35.6 Å². The van der Waals surface area contributed by atoms with Gasteiger partial charge in [-0.25, -0.2) is 4.39 Å². The Morgan fingerprint density at radius 3 is 2.38 bits per heavy atom. The van der Waals surface area contributed by atoms with Gasteiger partial charge in [0.15, 0.2) is 0 Å². The highest BCUT2D eigenvalue weighted by atomic mass is 19.1. The van der Waals surface area contributed by atoms with Gasteiger partial charge in [-0.2, -0.15) is 0 Å². The zero-order chi connectivity index (χ0) is 18.5. The maximum absolute atomic E-state index is 13.1. The first-order valence-corrected chi connectivity index (χ1v) is 9.48. The molecule has 2 aliphatic heterocycles. The predicted molar refractivity (Wildman–Crippen MR) is 96.1 cm³/mol. The number of benzene rings is 1. The summed E-state index contributed by atoms with van der Waals surface area (Å²) in [4.78, 5) is 28.5. The van der Waals surface area contributed by atoms with Gasteiger partial charge in [-0.15, -0.1) is 0 Å². The number of carbonyl (C=O) groups is 2. The van der Waals surface area contributed by atoms with Crippen molar-refractivity contribution in [1.29, 1.82) is 0 Å². The van der Waals surface area contributed by atoms with Crippen molar-refractivity contribution in [3.63, 3.8) is 0 Å². The molecule has 2 amide bonds. The first kappa shape index (κ1) is 18.8. The Hall–Kier alpha value is -1.95. The normalized spacial score (nSPS) is 21.2. The molecule has 142 valence electrons. The molecule has 0 aromatic heterocycles. The lowest BCUT2D eigenvalue weighted by atomic mass is 9.95. The average molecular weight is 362 g/mol. The monoisotopic (exact) mass is 362 g/mol. The Bertz CT molecular complexity index is 626. The Kier molecular flexibility index (Phi) is 6.25. The van der Waals surface area contributed by atoms with E-state index < -0.39 is 0 Å². The molecule has 2 heterocycles.